The average molecular weight is 683 g/mol. The lowest BCUT2D eigenvalue weighted by atomic mass is 9.83. The number of hydrogen-bond donors (Lipinski definition) is 0. The lowest BCUT2D eigenvalue weighted by Gasteiger charge is -2.53. The molecule has 0 unspecified atom stereocenters. The van der Waals surface area contributed by atoms with Gasteiger partial charge < -0.3 is 52.1 Å². The van der Waals surface area contributed by atoms with Crippen LogP contribution in [0.3, 0.4) is 0 Å². The molecule has 4 fully saturated rings. The predicted octanol–water partition coefficient (Wildman–Crippen LogP) is 0.522. The lowest BCUT2D eigenvalue weighted by Crippen LogP contribution is -2.73. The molecule has 4 heterocycles. The van der Waals surface area contributed by atoms with Gasteiger partial charge in [0.05, 0.1) is 13.2 Å². The maximum atomic E-state index is 12.6. The van der Waals surface area contributed by atoms with E-state index in [2.05, 4.69) is 0 Å². The van der Waals surface area contributed by atoms with E-state index in [4.69, 9.17) is 52.1 Å². The van der Waals surface area contributed by atoms with E-state index in [1.165, 1.54) is 0 Å². The fourth-order valence-corrected chi connectivity index (χ4v) is 5.72. The Morgan fingerprint density at radius 1 is 0.708 bits per heavy atom. The molecule has 10 atom stereocenters. The van der Waals surface area contributed by atoms with Crippen LogP contribution in [-0.4, -0.2) is 117 Å². The van der Waals surface area contributed by atoms with Crippen LogP contribution in [0.2, 0.25) is 0 Å². The van der Waals surface area contributed by atoms with Crippen molar-refractivity contribution < 1.29 is 80.9 Å². The Bertz CT molecular complexity index is 1350. The Morgan fingerprint density at radius 3 is 1.90 bits per heavy atom. The summed E-state index contributed by atoms with van der Waals surface area (Å²) in [5, 5.41) is 0. The standard InChI is InChI=1S/C31H38O17/c1-15(32)38-13-23-31(48-20(6)37)14-40-29(27(43-18(4)35)28(31)44-19(5)36)47-24-22(12-39-23)46-30(45-21-10-8-7-9-11-21)26(42-17(3)34)25(24)41-16(2)33/h7-11,22-30H,12-14H2,1-6H3/t22-,23-,24-,25+,26-,27-,28-,29+,30-,31+/m1/s1. The first-order valence-electron chi connectivity index (χ1n) is 15.0. The SMILES string of the molecule is CC(=O)OC[C@H]1OC[C@H]2O[C@@H](Oc3ccccc3)[C@H](OC(C)=O)[C@@H](OC(C)=O)[C@@H]2O[C@@H]2OC[C@@]1(OC(C)=O)[C@H](OC(C)=O)[C@H]2OC(C)=O. The number of carbonyl (C=O) groups excluding carboxylic acids is 6. The molecule has 5 rings (SSSR count). The first-order valence-corrected chi connectivity index (χ1v) is 15.0. The third-order valence-corrected chi connectivity index (χ3v) is 7.38. The number of hydrogen-bond acceptors (Lipinski definition) is 17. The van der Waals surface area contributed by atoms with Gasteiger partial charge >= 0.3 is 35.8 Å². The summed E-state index contributed by atoms with van der Waals surface area (Å²) in [5.41, 5.74) is -2.07. The number of rotatable bonds is 9. The van der Waals surface area contributed by atoms with E-state index in [-0.39, 0.29) is 0 Å². The Kier molecular flexibility index (Phi) is 12.0. The molecule has 4 aliphatic heterocycles. The highest BCUT2D eigenvalue weighted by molar-refractivity contribution is 5.69. The molecule has 2 bridgehead atoms. The van der Waals surface area contributed by atoms with E-state index in [9.17, 15) is 28.8 Å². The summed E-state index contributed by atoms with van der Waals surface area (Å²) in [7, 11) is 0. The fourth-order valence-electron chi connectivity index (χ4n) is 5.72. The highest BCUT2D eigenvalue weighted by Crippen LogP contribution is 2.41. The first kappa shape index (κ1) is 36.5. The molecule has 0 amide bonds. The maximum Gasteiger partial charge on any atom is 0.303 e. The summed E-state index contributed by atoms with van der Waals surface area (Å²) < 4.78 is 64.2. The van der Waals surface area contributed by atoms with Gasteiger partial charge in [0.15, 0.2) is 24.6 Å². The van der Waals surface area contributed by atoms with E-state index in [0.29, 0.717) is 5.75 Å². The molecule has 0 radical (unpaired) electrons. The van der Waals surface area contributed by atoms with Gasteiger partial charge in [-0.2, -0.15) is 0 Å². The van der Waals surface area contributed by atoms with Crippen molar-refractivity contribution in [1.82, 2.24) is 0 Å². The van der Waals surface area contributed by atoms with E-state index >= 15 is 0 Å². The summed E-state index contributed by atoms with van der Waals surface area (Å²) >= 11 is 0. The van der Waals surface area contributed by atoms with Gasteiger partial charge in [-0.05, 0) is 12.1 Å². The predicted molar refractivity (Wildman–Crippen MR) is 153 cm³/mol. The van der Waals surface area contributed by atoms with E-state index < -0.39 is 117 Å². The molecule has 0 spiro atoms. The first-order chi connectivity index (χ1) is 22.7. The molecule has 0 saturated carbocycles. The molecule has 1 aromatic carbocycles. The molecular formula is C31H38O17. The molecule has 0 N–H and O–H groups in total. The molecule has 4 saturated heterocycles. The van der Waals surface area contributed by atoms with E-state index in [1.54, 1.807) is 30.3 Å². The molecule has 0 aromatic heterocycles. The van der Waals surface area contributed by atoms with Crippen molar-refractivity contribution in [3.8, 4) is 5.75 Å². The number of carbonyl (C=O) groups is 6. The minimum absolute atomic E-state index is 0.310. The Balaban J connectivity index is 1.87. The third-order valence-electron chi connectivity index (χ3n) is 7.38. The summed E-state index contributed by atoms with van der Waals surface area (Å²) in [6.07, 6.45) is -13.2. The second-order valence-corrected chi connectivity index (χ2v) is 11.2. The normalized spacial score (nSPS) is 32.8. The molecule has 48 heavy (non-hydrogen) atoms. The van der Waals surface area contributed by atoms with Crippen LogP contribution in [0.4, 0.5) is 0 Å². The summed E-state index contributed by atoms with van der Waals surface area (Å²) in [4.78, 5) is 74.2. The van der Waals surface area contributed by atoms with Gasteiger partial charge in [-0.3, -0.25) is 28.8 Å². The quantitative estimate of drug-likeness (QED) is 0.257. The number of fused-ring (bicyclic) bond motifs is 4. The molecule has 1 aromatic rings. The van der Waals surface area contributed by atoms with Crippen molar-refractivity contribution in [1.29, 1.82) is 0 Å². The zero-order chi connectivity index (χ0) is 35.2. The summed E-state index contributed by atoms with van der Waals surface area (Å²) in [6, 6.07) is 8.37. The zero-order valence-electron chi connectivity index (χ0n) is 27.1. The minimum atomic E-state index is -2.07. The minimum Gasteiger partial charge on any atom is -0.463 e. The highest BCUT2D eigenvalue weighted by Gasteiger charge is 2.64. The van der Waals surface area contributed by atoms with Crippen molar-refractivity contribution in [2.24, 2.45) is 0 Å². The third kappa shape index (κ3) is 8.77. The van der Waals surface area contributed by atoms with Crippen LogP contribution < -0.4 is 4.74 Å². The molecular weight excluding hydrogens is 644 g/mol. The van der Waals surface area contributed by atoms with Crippen molar-refractivity contribution in [3.63, 3.8) is 0 Å². The zero-order valence-corrected chi connectivity index (χ0v) is 27.1. The second kappa shape index (κ2) is 15.7. The van der Waals surface area contributed by atoms with Gasteiger partial charge in [0.25, 0.3) is 0 Å². The number of benzene rings is 1. The van der Waals surface area contributed by atoms with E-state index in [0.717, 1.165) is 41.5 Å². The maximum absolute atomic E-state index is 12.6. The average Bonchev–Trinajstić information content (AvgIpc) is 2.98. The molecule has 17 heteroatoms. The van der Waals surface area contributed by atoms with Crippen molar-refractivity contribution in [3.05, 3.63) is 30.3 Å². The van der Waals surface area contributed by atoms with Crippen LogP contribution in [0.5, 0.6) is 5.75 Å². The Hall–Kier alpha value is -4.32. The van der Waals surface area contributed by atoms with Gasteiger partial charge in [0.1, 0.15) is 30.7 Å². The smallest absolute Gasteiger partial charge is 0.303 e. The molecule has 264 valence electrons. The molecule has 4 aliphatic rings. The van der Waals surface area contributed by atoms with Gasteiger partial charge in [0, 0.05) is 41.5 Å². The molecule has 0 aliphatic carbocycles. The fraction of sp³-hybridized carbons (Fsp3) is 0.613. The van der Waals surface area contributed by atoms with Crippen molar-refractivity contribution >= 4 is 35.8 Å². The largest absolute Gasteiger partial charge is 0.463 e. The van der Waals surface area contributed by atoms with Crippen LogP contribution in [0.15, 0.2) is 30.3 Å². The van der Waals surface area contributed by atoms with Crippen LogP contribution in [-0.2, 0) is 76.1 Å². The lowest BCUT2D eigenvalue weighted by molar-refractivity contribution is -0.374. The highest BCUT2D eigenvalue weighted by atomic mass is 16.8. The topological polar surface area (TPSA) is 204 Å². The summed E-state index contributed by atoms with van der Waals surface area (Å²) in [5.74, 6) is -4.59. The van der Waals surface area contributed by atoms with Gasteiger partial charge in [0.2, 0.25) is 18.0 Å². The van der Waals surface area contributed by atoms with Gasteiger partial charge in [-0.25, -0.2) is 0 Å². The van der Waals surface area contributed by atoms with Crippen LogP contribution in [0, 0.1) is 0 Å². The van der Waals surface area contributed by atoms with Crippen molar-refractivity contribution in [2.75, 3.05) is 19.8 Å². The Labute approximate surface area is 275 Å². The number of para-hydroxylation sites is 1. The van der Waals surface area contributed by atoms with Crippen LogP contribution >= 0.6 is 0 Å². The number of ether oxygens (including phenoxy) is 11. The monoisotopic (exact) mass is 682 g/mol. The second-order valence-electron chi connectivity index (χ2n) is 11.2. The summed E-state index contributed by atoms with van der Waals surface area (Å²) in [6.45, 7) is 5.03. The van der Waals surface area contributed by atoms with Crippen LogP contribution in [0.1, 0.15) is 41.5 Å². The Morgan fingerprint density at radius 2 is 1.31 bits per heavy atom. The van der Waals surface area contributed by atoms with Crippen molar-refractivity contribution in [2.45, 2.75) is 102 Å². The van der Waals surface area contributed by atoms with Gasteiger partial charge in [-0.1, -0.05) is 18.2 Å². The van der Waals surface area contributed by atoms with Gasteiger partial charge in [-0.15, -0.1) is 0 Å². The van der Waals surface area contributed by atoms with E-state index in [1.807, 2.05) is 0 Å². The number of esters is 6. The van der Waals surface area contributed by atoms with Crippen LogP contribution in [0.25, 0.3) is 0 Å². The molecule has 17 nitrogen and oxygen atoms in total.